The second-order valence-corrected chi connectivity index (χ2v) is 4.10. The van der Waals surface area contributed by atoms with Crippen molar-refractivity contribution in [1.29, 1.82) is 0 Å². The highest BCUT2D eigenvalue weighted by atomic mass is 15.5. The van der Waals surface area contributed by atoms with E-state index in [2.05, 4.69) is 43.3 Å². The lowest BCUT2D eigenvalue weighted by Crippen LogP contribution is -2.42. The quantitative estimate of drug-likeness (QED) is 0.625. The van der Waals surface area contributed by atoms with Crippen molar-refractivity contribution in [3.8, 4) is 0 Å². The summed E-state index contributed by atoms with van der Waals surface area (Å²) in [5, 5.41) is 2.05. The van der Waals surface area contributed by atoms with Crippen molar-refractivity contribution in [2.24, 2.45) is 0 Å². The molecule has 1 heterocycles. The first-order valence-corrected chi connectivity index (χ1v) is 4.77. The minimum atomic E-state index is 0.655. The van der Waals surface area contributed by atoms with E-state index in [0.29, 0.717) is 12.1 Å². The Morgan fingerprint density at radius 1 is 1.42 bits per heavy atom. The molecule has 1 saturated heterocycles. The third-order valence-electron chi connectivity index (χ3n) is 2.39. The number of hydrogen-bond acceptors (Lipinski definition) is 3. The monoisotopic (exact) mass is 171 g/mol. The topological polar surface area (TPSA) is 18.5 Å². The summed E-state index contributed by atoms with van der Waals surface area (Å²) in [6.07, 6.45) is 1.27. The Hall–Kier alpha value is -0.120. The van der Waals surface area contributed by atoms with Crippen molar-refractivity contribution < 1.29 is 0 Å². The molecule has 12 heavy (non-hydrogen) atoms. The van der Waals surface area contributed by atoms with Gasteiger partial charge in [-0.2, -0.15) is 0 Å². The average Bonchev–Trinajstić information content (AvgIpc) is 2.34. The highest BCUT2D eigenvalue weighted by Crippen LogP contribution is 2.11. The first-order chi connectivity index (χ1) is 5.59. The Labute approximate surface area is 75.7 Å². The summed E-state index contributed by atoms with van der Waals surface area (Å²) in [5.41, 5.74) is 3.42. The molecule has 0 saturated carbocycles. The predicted molar refractivity (Wildman–Crippen MR) is 51.9 cm³/mol. The van der Waals surface area contributed by atoms with E-state index in [4.69, 9.17) is 0 Å². The van der Waals surface area contributed by atoms with Crippen LogP contribution in [-0.4, -0.2) is 49.2 Å². The first-order valence-electron chi connectivity index (χ1n) is 4.77. The number of nitrogens with one attached hydrogen (secondary N) is 1. The van der Waals surface area contributed by atoms with E-state index in [-0.39, 0.29) is 0 Å². The molecule has 0 aromatic heterocycles. The Balaban J connectivity index is 2.26. The minimum Gasteiger partial charge on any atom is -0.299 e. The van der Waals surface area contributed by atoms with Crippen LogP contribution in [-0.2, 0) is 0 Å². The number of likely N-dealkylation sites (tertiary alicyclic amines) is 1. The van der Waals surface area contributed by atoms with Crippen LogP contribution in [0.1, 0.15) is 20.3 Å². The molecule has 1 fully saturated rings. The van der Waals surface area contributed by atoms with Gasteiger partial charge >= 0.3 is 0 Å². The molecule has 0 amide bonds. The molecular weight excluding hydrogens is 150 g/mol. The highest BCUT2D eigenvalue weighted by Gasteiger charge is 2.23. The van der Waals surface area contributed by atoms with Crippen LogP contribution < -0.4 is 5.43 Å². The van der Waals surface area contributed by atoms with Gasteiger partial charge in [-0.25, -0.2) is 0 Å². The van der Waals surface area contributed by atoms with E-state index in [1.165, 1.54) is 19.5 Å². The van der Waals surface area contributed by atoms with Crippen LogP contribution >= 0.6 is 0 Å². The molecule has 3 nitrogen and oxygen atoms in total. The van der Waals surface area contributed by atoms with Gasteiger partial charge in [-0.05, 0) is 20.3 Å². The van der Waals surface area contributed by atoms with Crippen LogP contribution in [0.25, 0.3) is 0 Å². The van der Waals surface area contributed by atoms with Crippen LogP contribution in [0.2, 0.25) is 0 Å². The molecule has 1 atom stereocenters. The summed E-state index contributed by atoms with van der Waals surface area (Å²) in [6, 6.07) is 1.35. The van der Waals surface area contributed by atoms with Gasteiger partial charge in [-0.3, -0.25) is 15.3 Å². The van der Waals surface area contributed by atoms with Crippen LogP contribution in [0.15, 0.2) is 0 Å². The lowest BCUT2D eigenvalue weighted by molar-refractivity contribution is 0.220. The van der Waals surface area contributed by atoms with Gasteiger partial charge in [0, 0.05) is 39.3 Å². The number of rotatable bonds is 3. The molecule has 0 spiro atoms. The van der Waals surface area contributed by atoms with Gasteiger partial charge in [0.15, 0.2) is 0 Å². The smallest absolute Gasteiger partial charge is 0.0354 e. The van der Waals surface area contributed by atoms with E-state index in [1.807, 2.05) is 0 Å². The fourth-order valence-electron chi connectivity index (χ4n) is 1.73. The lowest BCUT2D eigenvalue weighted by atomic mass is 10.3. The van der Waals surface area contributed by atoms with Crippen molar-refractivity contribution in [2.75, 3.05) is 27.2 Å². The van der Waals surface area contributed by atoms with E-state index in [1.54, 1.807) is 0 Å². The molecule has 1 N–H and O–H groups in total. The fraction of sp³-hybridized carbons (Fsp3) is 1.00. The van der Waals surface area contributed by atoms with Gasteiger partial charge in [0.05, 0.1) is 0 Å². The molecular formula is C9H21N3. The molecule has 0 radical (unpaired) electrons. The van der Waals surface area contributed by atoms with Crippen LogP contribution in [0.3, 0.4) is 0 Å². The third kappa shape index (κ3) is 2.73. The second-order valence-electron chi connectivity index (χ2n) is 4.10. The largest absolute Gasteiger partial charge is 0.299 e. The predicted octanol–water partition coefficient (Wildman–Crippen LogP) is 0.535. The fourth-order valence-corrected chi connectivity index (χ4v) is 1.73. The summed E-state index contributed by atoms with van der Waals surface area (Å²) >= 11 is 0. The Kier molecular flexibility index (Phi) is 3.50. The molecule has 72 valence electrons. The maximum atomic E-state index is 3.42. The summed E-state index contributed by atoms with van der Waals surface area (Å²) in [6.45, 7) is 6.95. The second kappa shape index (κ2) is 4.21. The average molecular weight is 171 g/mol. The molecule has 3 heteroatoms. The lowest BCUT2D eigenvalue weighted by Gasteiger charge is -2.22. The van der Waals surface area contributed by atoms with Crippen molar-refractivity contribution in [1.82, 2.24) is 15.3 Å². The van der Waals surface area contributed by atoms with Gasteiger partial charge in [-0.15, -0.1) is 0 Å². The molecule has 0 aromatic carbocycles. The van der Waals surface area contributed by atoms with Crippen LogP contribution in [0.5, 0.6) is 0 Å². The zero-order valence-electron chi connectivity index (χ0n) is 8.67. The van der Waals surface area contributed by atoms with Crippen molar-refractivity contribution in [3.63, 3.8) is 0 Å². The Morgan fingerprint density at radius 2 is 2.08 bits per heavy atom. The first kappa shape index (κ1) is 9.96. The van der Waals surface area contributed by atoms with Gasteiger partial charge in [0.2, 0.25) is 0 Å². The molecule has 1 rings (SSSR count). The zero-order chi connectivity index (χ0) is 9.14. The summed E-state index contributed by atoms with van der Waals surface area (Å²) in [4.78, 5) is 2.52. The molecule has 0 aliphatic carbocycles. The van der Waals surface area contributed by atoms with E-state index >= 15 is 0 Å². The normalized spacial score (nSPS) is 26.0. The summed E-state index contributed by atoms with van der Waals surface area (Å²) in [5.74, 6) is 0. The van der Waals surface area contributed by atoms with E-state index < -0.39 is 0 Å². The van der Waals surface area contributed by atoms with Crippen LogP contribution in [0, 0.1) is 0 Å². The highest BCUT2D eigenvalue weighted by molar-refractivity contribution is 4.81. The number of hydrogen-bond donors (Lipinski definition) is 1. The maximum Gasteiger partial charge on any atom is 0.0354 e. The molecule has 0 bridgehead atoms. The van der Waals surface area contributed by atoms with Gasteiger partial charge in [-0.1, -0.05) is 0 Å². The van der Waals surface area contributed by atoms with Crippen molar-refractivity contribution in [2.45, 2.75) is 32.4 Å². The van der Waals surface area contributed by atoms with Crippen LogP contribution in [0.4, 0.5) is 0 Å². The van der Waals surface area contributed by atoms with Crippen molar-refractivity contribution >= 4 is 0 Å². The molecule has 1 aliphatic rings. The maximum absolute atomic E-state index is 3.42. The Morgan fingerprint density at radius 3 is 2.50 bits per heavy atom. The molecule has 1 aliphatic heterocycles. The molecule has 1 unspecified atom stereocenters. The number of hydrazine groups is 1. The molecule has 0 aromatic rings. The standard InChI is InChI=1S/C9H21N3/c1-8(2)12-6-5-9(7-12)10-11(3)4/h8-10H,5-7H2,1-4H3. The van der Waals surface area contributed by atoms with Crippen molar-refractivity contribution in [3.05, 3.63) is 0 Å². The van der Waals surface area contributed by atoms with Gasteiger partial charge in [0.1, 0.15) is 0 Å². The summed E-state index contributed by atoms with van der Waals surface area (Å²) in [7, 11) is 4.11. The van der Waals surface area contributed by atoms with E-state index in [9.17, 15) is 0 Å². The minimum absolute atomic E-state index is 0.655. The summed E-state index contributed by atoms with van der Waals surface area (Å²) < 4.78 is 0. The van der Waals surface area contributed by atoms with Gasteiger partial charge < -0.3 is 0 Å². The zero-order valence-corrected chi connectivity index (χ0v) is 8.67. The van der Waals surface area contributed by atoms with Gasteiger partial charge in [0.25, 0.3) is 0 Å². The number of nitrogens with zero attached hydrogens (tertiary/aromatic N) is 2. The SMILES string of the molecule is CC(C)N1CCC(NN(C)C)C1. The van der Waals surface area contributed by atoms with E-state index in [0.717, 1.165) is 0 Å². The Bertz CT molecular complexity index is 134. The third-order valence-corrected chi connectivity index (χ3v) is 2.39.